The van der Waals surface area contributed by atoms with Gasteiger partial charge in [0.2, 0.25) is 5.76 Å². The first kappa shape index (κ1) is 18.3. The Bertz CT molecular complexity index is 1150. The molecule has 0 fully saturated rings. The maximum atomic E-state index is 13.4. The predicted molar refractivity (Wildman–Crippen MR) is 105 cm³/mol. The van der Waals surface area contributed by atoms with Gasteiger partial charge >= 0.3 is 0 Å². The Hall–Kier alpha value is -3.12. The average Bonchev–Trinajstić information content (AvgIpc) is 2.93. The van der Waals surface area contributed by atoms with E-state index in [1.165, 1.54) is 11.0 Å². The first-order valence-corrected chi connectivity index (χ1v) is 9.21. The van der Waals surface area contributed by atoms with Crippen LogP contribution in [0.1, 0.15) is 45.3 Å². The van der Waals surface area contributed by atoms with Crippen molar-refractivity contribution in [3.05, 3.63) is 74.6 Å². The van der Waals surface area contributed by atoms with Crippen molar-refractivity contribution in [3.8, 4) is 5.75 Å². The first-order chi connectivity index (χ1) is 13.4. The number of hydrogen-bond donors (Lipinski definition) is 2. The average molecular weight is 379 g/mol. The van der Waals surface area contributed by atoms with Crippen LogP contribution in [0.4, 0.5) is 0 Å². The molecule has 0 radical (unpaired) electrons. The van der Waals surface area contributed by atoms with Gasteiger partial charge in [0.05, 0.1) is 17.0 Å². The number of hydrogen-bond acceptors (Lipinski definition) is 5. The van der Waals surface area contributed by atoms with E-state index in [-0.39, 0.29) is 41.6 Å². The molecule has 1 amide bonds. The van der Waals surface area contributed by atoms with Crippen LogP contribution in [0.15, 0.2) is 45.6 Å². The van der Waals surface area contributed by atoms with Crippen LogP contribution in [0.3, 0.4) is 0 Å². The van der Waals surface area contributed by atoms with Gasteiger partial charge in [0.1, 0.15) is 11.3 Å². The lowest BCUT2D eigenvalue weighted by Gasteiger charge is -2.24. The molecule has 1 unspecified atom stereocenters. The number of aliphatic hydroxyl groups is 1. The van der Waals surface area contributed by atoms with Crippen LogP contribution >= 0.6 is 0 Å². The molecule has 1 aliphatic rings. The van der Waals surface area contributed by atoms with Crippen LogP contribution in [0.2, 0.25) is 0 Å². The van der Waals surface area contributed by atoms with E-state index in [4.69, 9.17) is 4.42 Å². The summed E-state index contributed by atoms with van der Waals surface area (Å²) in [7, 11) is 0. The molecule has 6 nitrogen and oxygen atoms in total. The van der Waals surface area contributed by atoms with Crippen LogP contribution in [-0.4, -0.2) is 34.2 Å². The molecule has 2 N–H and O–H groups in total. The number of carbonyl (C=O) groups is 1. The molecular weight excluding hydrogens is 358 g/mol. The highest BCUT2D eigenvalue weighted by molar-refractivity contribution is 5.99. The van der Waals surface area contributed by atoms with Crippen LogP contribution in [-0.2, 0) is 0 Å². The van der Waals surface area contributed by atoms with Gasteiger partial charge in [-0.3, -0.25) is 9.59 Å². The summed E-state index contributed by atoms with van der Waals surface area (Å²) in [6, 6.07) is 9.54. The fraction of sp³-hybridized carbons (Fsp3) is 0.273. The van der Waals surface area contributed by atoms with Gasteiger partial charge in [0.25, 0.3) is 5.91 Å². The summed E-state index contributed by atoms with van der Waals surface area (Å²) in [5, 5.41) is 19.6. The van der Waals surface area contributed by atoms with Gasteiger partial charge in [0.15, 0.2) is 5.43 Å². The van der Waals surface area contributed by atoms with E-state index in [1.807, 2.05) is 19.9 Å². The highest BCUT2D eigenvalue weighted by Gasteiger charge is 2.42. The molecule has 144 valence electrons. The van der Waals surface area contributed by atoms with Gasteiger partial charge in [-0.15, -0.1) is 0 Å². The van der Waals surface area contributed by atoms with E-state index in [0.717, 1.165) is 11.1 Å². The van der Waals surface area contributed by atoms with Gasteiger partial charge in [0, 0.05) is 13.2 Å². The molecule has 0 saturated carbocycles. The molecule has 4 rings (SSSR count). The second-order valence-electron chi connectivity index (χ2n) is 7.21. The van der Waals surface area contributed by atoms with Crippen molar-refractivity contribution in [2.24, 2.45) is 0 Å². The number of rotatable bonds is 4. The molecular formula is C22H21NO5. The van der Waals surface area contributed by atoms with E-state index >= 15 is 0 Å². The minimum absolute atomic E-state index is 0.0377. The summed E-state index contributed by atoms with van der Waals surface area (Å²) in [6.45, 7) is 3.95. The molecule has 6 heteroatoms. The Morgan fingerprint density at radius 1 is 1.14 bits per heavy atom. The number of aliphatic hydroxyl groups excluding tert-OH is 1. The molecule has 0 aliphatic carbocycles. The fourth-order valence-electron chi connectivity index (χ4n) is 3.99. The van der Waals surface area contributed by atoms with E-state index < -0.39 is 6.04 Å². The Kier molecular flexibility index (Phi) is 4.43. The molecule has 1 atom stereocenters. The second-order valence-corrected chi connectivity index (χ2v) is 7.21. The molecule has 0 spiro atoms. The second kappa shape index (κ2) is 6.80. The molecule has 28 heavy (non-hydrogen) atoms. The fourth-order valence-corrected chi connectivity index (χ4v) is 3.99. The number of fused-ring (bicyclic) bond motifs is 2. The Morgan fingerprint density at radius 3 is 2.64 bits per heavy atom. The quantitative estimate of drug-likeness (QED) is 0.727. The van der Waals surface area contributed by atoms with E-state index in [9.17, 15) is 19.8 Å². The topological polar surface area (TPSA) is 91.0 Å². The largest absolute Gasteiger partial charge is 0.508 e. The predicted octanol–water partition coefficient (Wildman–Crippen LogP) is 3.04. The lowest BCUT2D eigenvalue weighted by atomic mass is 9.97. The zero-order valence-electron chi connectivity index (χ0n) is 15.7. The minimum atomic E-state index is -0.664. The summed E-state index contributed by atoms with van der Waals surface area (Å²) in [4.78, 5) is 28.0. The lowest BCUT2D eigenvalue weighted by molar-refractivity contribution is 0.0716. The smallest absolute Gasteiger partial charge is 0.290 e. The first-order valence-electron chi connectivity index (χ1n) is 9.21. The number of amides is 1. The van der Waals surface area contributed by atoms with Gasteiger partial charge in [-0.05, 0) is 55.2 Å². The van der Waals surface area contributed by atoms with Crippen molar-refractivity contribution in [2.75, 3.05) is 13.2 Å². The van der Waals surface area contributed by atoms with Crippen molar-refractivity contribution in [1.29, 1.82) is 0 Å². The molecule has 1 aromatic heterocycles. The zero-order chi connectivity index (χ0) is 20.0. The normalized spacial score (nSPS) is 16.0. The number of carbonyl (C=O) groups excluding carboxylic acids is 1. The number of aromatic hydroxyl groups is 1. The Morgan fingerprint density at radius 2 is 1.93 bits per heavy atom. The SMILES string of the molecule is Cc1cc(C)c2oc3c(c(=O)c2c1)C(c1cccc(O)c1)N(CCCO)C3=O. The Labute approximate surface area is 161 Å². The highest BCUT2D eigenvalue weighted by Crippen LogP contribution is 2.39. The maximum absolute atomic E-state index is 13.4. The standard InChI is InChI=1S/C22H21NO5/c1-12-9-13(2)20-16(10-12)19(26)17-18(14-5-3-6-15(25)11-14)23(7-4-8-24)22(27)21(17)28-20/h3,5-6,9-11,18,24-25H,4,7-8H2,1-2H3. The summed E-state index contributed by atoms with van der Waals surface area (Å²) < 4.78 is 5.96. The highest BCUT2D eigenvalue weighted by atomic mass is 16.3. The maximum Gasteiger partial charge on any atom is 0.290 e. The monoisotopic (exact) mass is 379 g/mol. The summed E-state index contributed by atoms with van der Waals surface area (Å²) in [6.07, 6.45) is 0.376. The van der Waals surface area contributed by atoms with E-state index in [2.05, 4.69) is 0 Å². The summed E-state index contributed by atoms with van der Waals surface area (Å²) >= 11 is 0. The lowest BCUT2D eigenvalue weighted by Crippen LogP contribution is -2.31. The number of phenolic OH excluding ortho intramolecular Hbond substituents is 1. The van der Waals surface area contributed by atoms with Crippen LogP contribution in [0, 0.1) is 13.8 Å². The summed E-state index contributed by atoms with van der Waals surface area (Å²) in [5.74, 6) is -0.288. The third-order valence-corrected chi connectivity index (χ3v) is 5.14. The van der Waals surface area contributed by atoms with E-state index in [1.54, 1.807) is 24.3 Å². The number of aryl methyl sites for hydroxylation is 2. The van der Waals surface area contributed by atoms with Crippen molar-refractivity contribution in [3.63, 3.8) is 0 Å². The number of nitrogens with zero attached hydrogens (tertiary/aromatic N) is 1. The third-order valence-electron chi connectivity index (χ3n) is 5.14. The molecule has 2 heterocycles. The van der Waals surface area contributed by atoms with Gasteiger partial charge in [-0.2, -0.15) is 0 Å². The number of benzene rings is 2. The van der Waals surface area contributed by atoms with Gasteiger partial charge < -0.3 is 19.5 Å². The van der Waals surface area contributed by atoms with Gasteiger partial charge in [-0.25, -0.2) is 0 Å². The molecule has 3 aromatic rings. The zero-order valence-corrected chi connectivity index (χ0v) is 15.7. The van der Waals surface area contributed by atoms with Crippen molar-refractivity contribution < 1.29 is 19.4 Å². The molecule has 2 aromatic carbocycles. The third kappa shape index (κ3) is 2.77. The molecule has 1 aliphatic heterocycles. The number of phenols is 1. The molecule has 0 bridgehead atoms. The molecule has 0 saturated heterocycles. The van der Waals surface area contributed by atoms with Crippen molar-refractivity contribution in [2.45, 2.75) is 26.3 Å². The van der Waals surface area contributed by atoms with Crippen molar-refractivity contribution in [1.82, 2.24) is 4.90 Å². The van der Waals surface area contributed by atoms with Gasteiger partial charge in [-0.1, -0.05) is 18.2 Å². The van der Waals surface area contributed by atoms with Crippen LogP contribution in [0.5, 0.6) is 5.75 Å². The van der Waals surface area contributed by atoms with E-state index in [0.29, 0.717) is 23.0 Å². The van der Waals surface area contributed by atoms with Crippen molar-refractivity contribution >= 4 is 16.9 Å². The van der Waals surface area contributed by atoms with Crippen LogP contribution in [0.25, 0.3) is 11.0 Å². The Balaban J connectivity index is 2.01. The van der Waals surface area contributed by atoms with Crippen LogP contribution < -0.4 is 5.43 Å². The summed E-state index contributed by atoms with van der Waals surface area (Å²) in [5.41, 5.74) is 2.82. The minimum Gasteiger partial charge on any atom is -0.508 e.